The van der Waals surface area contributed by atoms with Gasteiger partial charge in [0.05, 0.1) is 25.8 Å². The van der Waals surface area contributed by atoms with Crippen molar-refractivity contribution in [3.05, 3.63) is 77.8 Å². The molecule has 2 heterocycles. The van der Waals surface area contributed by atoms with E-state index in [1.165, 1.54) is 0 Å². The second-order valence-corrected chi connectivity index (χ2v) is 7.70. The summed E-state index contributed by atoms with van der Waals surface area (Å²) in [4.78, 5) is 31.6. The number of morpholine rings is 1. The summed E-state index contributed by atoms with van der Waals surface area (Å²) in [6.45, 7) is 3.95. The Balaban J connectivity index is 1.39. The average molecular weight is 434 g/mol. The Morgan fingerprint density at radius 3 is 2.50 bits per heavy atom. The average Bonchev–Trinajstić information content (AvgIpc) is 3.31. The van der Waals surface area contributed by atoms with Crippen molar-refractivity contribution in [1.29, 1.82) is 0 Å². The summed E-state index contributed by atoms with van der Waals surface area (Å²) in [5.74, 6) is 0.396. The van der Waals surface area contributed by atoms with Crippen LogP contribution >= 0.6 is 0 Å². The molecule has 7 nitrogen and oxygen atoms in total. The molecule has 2 aromatic carbocycles. The quantitative estimate of drug-likeness (QED) is 0.527. The normalized spacial score (nSPS) is 14.7. The van der Waals surface area contributed by atoms with Crippen molar-refractivity contribution in [2.75, 3.05) is 26.3 Å². The fourth-order valence-corrected chi connectivity index (χ4v) is 3.51. The maximum Gasteiger partial charge on any atom is 0.307 e. The van der Waals surface area contributed by atoms with Crippen molar-refractivity contribution in [3.8, 4) is 11.3 Å². The number of carbonyl (C=O) groups excluding carboxylic acids is 2. The molecule has 166 valence electrons. The summed E-state index contributed by atoms with van der Waals surface area (Å²) in [7, 11) is 0. The predicted molar refractivity (Wildman–Crippen MR) is 118 cm³/mol. The Hall–Kier alpha value is -3.45. The maximum absolute atomic E-state index is 13.1. The van der Waals surface area contributed by atoms with Gasteiger partial charge in [0.2, 0.25) is 6.10 Å². The molecule has 1 atom stereocenters. The monoisotopic (exact) mass is 434 g/mol. The lowest BCUT2D eigenvalue weighted by atomic mass is 10.1. The highest BCUT2D eigenvalue weighted by atomic mass is 16.5. The zero-order valence-corrected chi connectivity index (χ0v) is 18.0. The van der Waals surface area contributed by atoms with Crippen molar-refractivity contribution in [2.45, 2.75) is 25.9 Å². The van der Waals surface area contributed by atoms with E-state index in [0.717, 1.165) is 11.1 Å². The van der Waals surface area contributed by atoms with Crippen LogP contribution in [0.4, 0.5) is 0 Å². The molecule has 3 aromatic rings. The highest BCUT2D eigenvalue weighted by Gasteiger charge is 2.30. The standard InChI is InChI=1S/C25H26N2O5/c1-18-7-9-19(10-8-18)21-17-26-22(31-21)11-12-23(28)32-24(20-5-3-2-4-6-20)25(29)27-13-15-30-16-14-27/h2-10,17,24H,11-16H2,1H3/t24-/m0/s1. The molecule has 0 N–H and O–H groups in total. The number of aromatic nitrogens is 1. The second-order valence-electron chi connectivity index (χ2n) is 7.70. The number of hydrogen-bond donors (Lipinski definition) is 0. The molecule has 1 fully saturated rings. The Kier molecular flexibility index (Phi) is 6.97. The minimum absolute atomic E-state index is 0.0631. The van der Waals surface area contributed by atoms with Crippen LogP contribution in [-0.4, -0.2) is 48.1 Å². The van der Waals surface area contributed by atoms with Crippen LogP contribution in [-0.2, 0) is 25.5 Å². The van der Waals surface area contributed by atoms with E-state index >= 15 is 0 Å². The molecule has 7 heteroatoms. The van der Waals surface area contributed by atoms with Crippen LogP contribution in [0.1, 0.15) is 29.5 Å². The van der Waals surface area contributed by atoms with Crippen molar-refractivity contribution in [1.82, 2.24) is 9.88 Å². The molecule has 1 aliphatic heterocycles. The molecule has 0 radical (unpaired) electrons. The van der Waals surface area contributed by atoms with Gasteiger partial charge in [0, 0.05) is 30.6 Å². The number of ether oxygens (including phenoxy) is 2. The van der Waals surface area contributed by atoms with Crippen molar-refractivity contribution in [3.63, 3.8) is 0 Å². The fourth-order valence-electron chi connectivity index (χ4n) is 3.51. The van der Waals surface area contributed by atoms with Crippen LogP contribution in [0.3, 0.4) is 0 Å². The molecule has 1 saturated heterocycles. The topological polar surface area (TPSA) is 81.9 Å². The fraction of sp³-hybridized carbons (Fsp3) is 0.320. The number of amides is 1. The van der Waals surface area contributed by atoms with E-state index in [1.54, 1.807) is 23.2 Å². The SMILES string of the molecule is Cc1ccc(-c2cnc(CCC(=O)O[C@H](C(=O)N3CCOCC3)c3ccccc3)o2)cc1. The van der Waals surface area contributed by atoms with Crippen LogP contribution in [0.25, 0.3) is 11.3 Å². The van der Waals surface area contributed by atoms with Gasteiger partial charge in [0.1, 0.15) is 0 Å². The number of nitrogens with zero attached hydrogens (tertiary/aromatic N) is 2. The van der Waals surface area contributed by atoms with Crippen LogP contribution in [0.2, 0.25) is 0 Å². The number of carbonyl (C=O) groups is 2. The van der Waals surface area contributed by atoms with E-state index in [4.69, 9.17) is 13.9 Å². The van der Waals surface area contributed by atoms with Crippen LogP contribution in [0.15, 0.2) is 65.2 Å². The van der Waals surface area contributed by atoms with E-state index in [-0.39, 0.29) is 18.7 Å². The molecule has 1 aromatic heterocycles. The Labute approximate surface area is 187 Å². The summed E-state index contributed by atoms with van der Waals surface area (Å²) < 4.78 is 16.7. The first-order valence-electron chi connectivity index (χ1n) is 10.7. The molecule has 1 aliphatic rings. The van der Waals surface area contributed by atoms with Crippen LogP contribution < -0.4 is 0 Å². The number of oxazole rings is 1. The molecule has 32 heavy (non-hydrogen) atoms. The van der Waals surface area contributed by atoms with Gasteiger partial charge in [-0.1, -0.05) is 60.2 Å². The molecule has 4 rings (SSSR count). The Morgan fingerprint density at radius 1 is 1.06 bits per heavy atom. The van der Waals surface area contributed by atoms with E-state index in [0.29, 0.717) is 43.5 Å². The molecule has 0 bridgehead atoms. The highest BCUT2D eigenvalue weighted by Crippen LogP contribution is 2.24. The zero-order valence-electron chi connectivity index (χ0n) is 18.0. The van der Waals surface area contributed by atoms with Crippen molar-refractivity contribution < 1.29 is 23.5 Å². The third-order valence-corrected chi connectivity index (χ3v) is 5.33. The number of aryl methyl sites for hydroxylation is 2. The third-order valence-electron chi connectivity index (χ3n) is 5.33. The van der Waals surface area contributed by atoms with Gasteiger partial charge in [0.15, 0.2) is 11.7 Å². The first-order valence-corrected chi connectivity index (χ1v) is 10.7. The van der Waals surface area contributed by atoms with Gasteiger partial charge < -0.3 is 18.8 Å². The summed E-state index contributed by atoms with van der Waals surface area (Å²) in [6.07, 6.45) is 1.03. The molecule has 0 unspecified atom stereocenters. The first kappa shape index (κ1) is 21.8. The van der Waals surface area contributed by atoms with Gasteiger partial charge in [-0.3, -0.25) is 9.59 Å². The number of esters is 1. The van der Waals surface area contributed by atoms with E-state index < -0.39 is 12.1 Å². The molecular weight excluding hydrogens is 408 g/mol. The first-order chi connectivity index (χ1) is 15.6. The highest BCUT2D eigenvalue weighted by molar-refractivity contribution is 5.85. The zero-order chi connectivity index (χ0) is 22.3. The summed E-state index contributed by atoms with van der Waals surface area (Å²) in [6, 6.07) is 17.0. The molecule has 0 saturated carbocycles. The minimum atomic E-state index is -0.977. The predicted octanol–water partition coefficient (Wildman–Crippen LogP) is 3.73. The number of benzene rings is 2. The molecule has 1 amide bonds. The minimum Gasteiger partial charge on any atom is -0.447 e. The summed E-state index contributed by atoms with van der Waals surface area (Å²) in [5, 5.41) is 0. The maximum atomic E-state index is 13.1. The van der Waals surface area contributed by atoms with Crippen LogP contribution in [0, 0.1) is 6.92 Å². The van der Waals surface area contributed by atoms with Gasteiger partial charge in [-0.2, -0.15) is 0 Å². The Morgan fingerprint density at radius 2 is 1.78 bits per heavy atom. The van der Waals surface area contributed by atoms with Crippen molar-refractivity contribution in [2.24, 2.45) is 0 Å². The van der Waals surface area contributed by atoms with Gasteiger partial charge in [-0.25, -0.2) is 4.98 Å². The smallest absolute Gasteiger partial charge is 0.307 e. The van der Waals surface area contributed by atoms with Gasteiger partial charge >= 0.3 is 5.97 Å². The van der Waals surface area contributed by atoms with Crippen LogP contribution in [0.5, 0.6) is 0 Å². The molecule has 0 spiro atoms. The van der Waals surface area contributed by atoms with Gasteiger partial charge in [-0.05, 0) is 6.92 Å². The summed E-state index contributed by atoms with van der Waals surface area (Å²) in [5.41, 5.74) is 2.74. The number of hydrogen-bond acceptors (Lipinski definition) is 6. The van der Waals surface area contributed by atoms with E-state index in [9.17, 15) is 9.59 Å². The van der Waals surface area contributed by atoms with E-state index in [1.807, 2.05) is 49.4 Å². The lowest BCUT2D eigenvalue weighted by Crippen LogP contribution is -2.44. The Bertz CT molecular complexity index is 1040. The van der Waals surface area contributed by atoms with E-state index in [2.05, 4.69) is 4.98 Å². The third kappa shape index (κ3) is 5.42. The molecule has 0 aliphatic carbocycles. The second kappa shape index (κ2) is 10.2. The van der Waals surface area contributed by atoms with Gasteiger partial charge in [0.25, 0.3) is 5.91 Å². The lowest BCUT2D eigenvalue weighted by Gasteiger charge is -2.30. The lowest BCUT2D eigenvalue weighted by molar-refractivity contribution is -0.162. The largest absolute Gasteiger partial charge is 0.447 e. The summed E-state index contributed by atoms with van der Waals surface area (Å²) >= 11 is 0. The van der Waals surface area contributed by atoms with Gasteiger partial charge in [-0.15, -0.1) is 0 Å². The van der Waals surface area contributed by atoms with Crippen molar-refractivity contribution >= 4 is 11.9 Å². The number of rotatable bonds is 7. The molecular formula is C25H26N2O5.